The monoisotopic (exact) mass is 283 g/mol. The summed E-state index contributed by atoms with van der Waals surface area (Å²) >= 11 is 0. The van der Waals surface area contributed by atoms with Gasteiger partial charge in [0, 0.05) is 17.3 Å². The number of benzene rings is 2. The zero-order chi connectivity index (χ0) is 15.0. The van der Waals surface area contributed by atoms with Crippen LogP contribution in [0, 0.1) is 20.8 Å². The van der Waals surface area contributed by atoms with Gasteiger partial charge in [0.15, 0.2) is 11.5 Å². The maximum absolute atomic E-state index is 12.5. The van der Waals surface area contributed by atoms with Gasteiger partial charge in [0.05, 0.1) is 0 Å². The normalized spacial score (nSPS) is 12.3. The predicted octanol–water partition coefficient (Wildman–Crippen LogP) is 3.59. The second kappa shape index (κ2) is 5.13. The van der Waals surface area contributed by atoms with E-state index in [2.05, 4.69) is 5.32 Å². The average Bonchev–Trinajstić information content (AvgIpc) is 2.84. The maximum Gasteiger partial charge on any atom is 0.256 e. The molecule has 0 aliphatic carbocycles. The van der Waals surface area contributed by atoms with E-state index in [9.17, 15) is 4.79 Å². The molecule has 21 heavy (non-hydrogen) atoms. The Morgan fingerprint density at radius 1 is 1.00 bits per heavy atom. The van der Waals surface area contributed by atoms with Crippen molar-refractivity contribution < 1.29 is 14.3 Å². The van der Waals surface area contributed by atoms with Gasteiger partial charge in [-0.15, -0.1) is 0 Å². The van der Waals surface area contributed by atoms with Crippen LogP contribution >= 0.6 is 0 Å². The van der Waals surface area contributed by atoms with Gasteiger partial charge in [0.2, 0.25) is 6.79 Å². The standard InChI is InChI=1S/C17H17NO3/c1-10-6-11(2)16(12(3)7-10)17(19)18-13-4-5-14-15(8-13)21-9-20-14/h4-8H,9H2,1-3H3,(H,18,19). The first kappa shape index (κ1) is 13.5. The van der Waals surface area contributed by atoms with Crippen molar-refractivity contribution in [3.63, 3.8) is 0 Å². The molecule has 1 amide bonds. The van der Waals surface area contributed by atoms with E-state index in [0.29, 0.717) is 17.2 Å². The molecular weight excluding hydrogens is 266 g/mol. The Bertz CT molecular complexity index is 699. The fraction of sp³-hybridized carbons (Fsp3) is 0.235. The molecule has 1 aliphatic rings. The van der Waals surface area contributed by atoms with Crippen LogP contribution in [0.25, 0.3) is 0 Å². The topological polar surface area (TPSA) is 47.6 Å². The van der Waals surface area contributed by atoms with Crippen molar-refractivity contribution >= 4 is 11.6 Å². The minimum atomic E-state index is -0.108. The molecule has 0 atom stereocenters. The molecule has 1 aliphatic heterocycles. The van der Waals surface area contributed by atoms with Gasteiger partial charge in [0.1, 0.15) is 0 Å². The molecule has 0 unspecified atom stereocenters. The highest BCUT2D eigenvalue weighted by atomic mass is 16.7. The minimum Gasteiger partial charge on any atom is -0.454 e. The fourth-order valence-electron chi connectivity index (χ4n) is 2.71. The molecule has 3 rings (SSSR count). The van der Waals surface area contributed by atoms with Crippen molar-refractivity contribution in [1.29, 1.82) is 0 Å². The number of hydrogen-bond acceptors (Lipinski definition) is 3. The molecule has 1 heterocycles. The van der Waals surface area contributed by atoms with Crippen molar-refractivity contribution in [3.05, 3.63) is 52.6 Å². The van der Waals surface area contributed by atoms with E-state index < -0.39 is 0 Å². The number of amides is 1. The molecule has 0 saturated carbocycles. The highest BCUT2D eigenvalue weighted by molar-refractivity contribution is 6.06. The molecular formula is C17H17NO3. The summed E-state index contributed by atoms with van der Waals surface area (Å²) in [7, 11) is 0. The van der Waals surface area contributed by atoms with Gasteiger partial charge in [-0.3, -0.25) is 4.79 Å². The Balaban J connectivity index is 1.87. The number of carbonyl (C=O) groups excluding carboxylic acids is 1. The van der Waals surface area contributed by atoms with Gasteiger partial charge in [-0.05, 0) is 44.0 Å². The largest absolute Gasteiger partial charge is 0.454 e. The molecule has 4 nitrogen and oxygen atoms in total. The SMILES string of the molecule is Cc1cc(C)c(C(=O)Nc2ccc3c(c2)OCO3)c(C)c1. The fourth-order valence-corrected chi connectivity index (χ4v) is 2.71. The zero-order valence-corrected chi connectivity index (χ0v) is 12.3. The Hall–Kier alpha value is -2.49. The third-order valence-electron chi connectivity index (χ3n) is 3.53. The molecule has 0 spiro atoms. The Morgan fingerprint density at radius 2 is 1.67 bits per heavy atom. The van der Waals surface area contributed by atoms with Gasteiger partial charge < -0.3 is 14.8 Å². The van der Waals surface area contributed by atoms with Gasteiger partial charge >= 0.3 is 0 Å². The number of ether oxygens (including phenoxy) is 2. The predicted molar refractivity (Wildman–Crippen MR) is 81.2 cm³/mol. The molecule has 108 valence electrons. The van der Waals surface area contributed by atoms with Crippen molar-refractivity contribution in [3.8, 4) is 11.5 Å². The lowest BCUT2D eigenvalue weighted by atomic mass is 9.99. The van der Waals surface area contributed by atoms with E-state index in [-0.39, 0.29) is 12.7 Å². The summed E-state index contributed by atoms with van der Waals surface area (Å²) in [5, 5.41) is 2.91. The summed E-state index contributed by atoms with van der Waals surface area (Å²) < 4.78 is 10.6. The molecule has 1 N–H and O–H groups in total. The number of fused-ring (bicyclic) bond motifs is 1. The van der Waals surface area contributed by atoms with Gasteiger partial charge in [-0.1, -0.05) is 17.7 Å². The van der Waals surface area contributed by atoms with Crippen LogP contribution in [-0.4, -0.2) is 12.7 Å². The zero-order valence-electron chi connectivity index (χ0n) is 12.3. The molecule has 0 fully saturated rings. The van der Waals surface area contributed by atoms with Crippen LogP contribution in [0.4, 0.5) is 5.69 Å². The minimum absolute atomic E-state index is 0.108. The van der Waals surface area contributed by atoms with Crippen LogP contribution in [0.3, 0.4) is 0 Å². The molecule has 4 heteroatoms. The summed E-state index contributed by atoms with van der Waals surface area (Å²) in [6.07, 6.45) is 0. The Labute approximate surface area is 123 Å². The van der Waals surface area contributed by atoms with Crippen LogP contribution in [0.2, 0.25) is 0 Å². The van der Waals surface area contributed by atoms with Crippen molar-refractivity contribution in [2.45, 2.75) is 20.8 Å². The van der Waals surface area contributed by atoms with Crippen LogP contribution in [0.5, 0.6) is 11.5 Å². The Morgan fingerprint density at radius 3 is 2.38 bits per heavy atom. The van der Waals surface area contributed by atoms with E-state index in [4.69, 9.17) is 9.47 Å². The van der Waals surface area contributed by atoms with Crippen LogP contribution < -0.4 is 14.8 Å². The third kappa shape index (κ3) is 2.57. The summed E-state index contributed by atoms with van der Waals surface area (Å²) in [5.41, 5.74) is 4.53. The first-order valence-corrected chi connectivity index (χ1v) is 6.83. The quantitative estimate of drug-likeness (QED) is 0.916. The average molecular weight is 283 g/mol. The van der Waals surface area contributed by atoms with Crippen LogP contribution in [0.1, 0.15) is 27.0 Å². The first-order chi connectivity index (χ1) is 10.0. The highest BCUT2D eigenvalue weighted by Gasteiger charge is 2.16. The molecule has 2 aromatic rings. The number of nitrogens with one attached hydrogen (secondary N) is 1. The molecule has 0 saturated heterocycles. The number of hydrogen-bond donors (Lipinski definition) is 1. The second-order valence-electron chi connectivity index (χ2n) is 5.30. The lowest BCUT2D eigenvalue weighted by Gasteiger charge is -2.12. The Kier molecular flexibility index (Phi) is 3.29. The van der Waals surface area contributed by atoms with Crippen LogP contribution in [0.15, 0.2) is 30.3 Å². The molecule has 0 aromatic heterocycles. The molecule has 0 bridgehead atoms. The first-order valence-electron chi connectivity index (χ1n) is 6.83. The van der Waals surface area contributed by atoms with E-state index in [0.717, 1.165) is 22.3 Å². The van der Waals surface area contributed by atoms with E-state index in [1.165, 1.54) is 0 Å². The van der Waals surface area contributed by atoms with E-state index >= 15 is 0 Å². The number of aryl methyl sites for hydroxylation is 3. The second-order valence-corrected chi connectivity index (χ2v) is 5.30. The van der Waals surface area contributed by atoms with Crippen molar-refractivity contribution in [1.82, 2.24) is 0 Å². The third-order valence-corrected chi connectivity index (χ3v) is 3.53. The lowest BCUT2D eigenvalue weighted by molar-refractivity contribution is 0.102. The summed E-state index contributed by atoms with van der Waals surface area (Å²) in [4.78, 5) is 12.5. The van der Waals surface area contributed by atoms with Crippen molar-refractivity contribution in [2.24, 2.45) is 0 Å². The summed E-state index contributed by atoms with van der Waals surface area (Å²) in [6, 6.07) is 9.42. The summed E-state index contributed by atoms with van der Waals surface area (Å²) in [6.45, 7) is 6.16. The smallest absolute Gasteiger partial charge is 0.256 e. The number of carbonyl (C=O) groups is 1. The lowest BCUT2D eigenvalue weighted by Crippen LogP contribution is -2.15. The molecule has 0 radical (unpaired) electrons. The van der Waals surface area contributed by atoms with E-state index in [1.807, 2.05) is 39.0 Å². The van der Waals surface area contributed by atoms with Gasteiger partial charge in [-0.2, -0.15) is 0 Å². The number of anilines is 1. The van der Waals surface area contributed by atoms with Gasteiger partial charge in [0.25, 0.3) is 5.91 Å². The summed E-state index contributed by atoms with van der Waals surface area (Å²) in [5.74, 6) is 1.25. The van der Waals surface area contributed by atoms with Gasteiger partial charge in [-0.25, -0.2) is 0 Å². The number of rotatable bonds is 2. The van der Waals surface area contributed by atoms with Crippen molar-refractivity contribution in [2.75, 3.05) is 12.1 Å². The maximum atomic E-state index is 12.5. The van der Waals surface area contributed by atoms with E-state index in [1.54, 1.807) is 12.1 Å². The molecule has 2 aromatic carbocycles. The highest BCUT2D eigenvalue weighted by Crippen LogP contribution is 2.34. The van der Waals surface area contributed by atoms with Crippen LogP contribution in [-0.2, 0) is 0 Å².